The molecule has 0 fully saturated rings. The van der Waals surface area contributed by atoms with E-state index in [-0.39, 0.29) is 11.6 Å². The molecule has 3 N–H and O–H groups in total. The van der Waals surface area contributed by atoms with Crippen LogP contribution < -0.4 is 11.1 Å². The summed E-state index contributed by atoms with van der Waals surface area (Å²) in [5.41, 5.74) is 10.4. The number of rotatable bonds is 3. The third-order valence-electron chi connectivity index (χ3n) is 4.15. The Bertz CT molecular complexity index is 1120. The van der Waals surface area contributed by atoms with Crippen LogP contribution in [0.1, 0.15) is 5.69 Å². The topological polar surface area (TPSA) is 81.1 Å². The molecule has 0 saturated heterocycles. The van der Waals surface area contributed by atoms with Gasteiger partial charge in [0.15, 0.2) is 11.5 Å². The van der Waals surface area contributed by atoms with Crippen molar-refractivity contribution in [2.45, 2.75) is 6.92 Å². The third-order valence-corrected chi connectivity index (χ3v) is 4.15. The van der Waals surface area contributed by atoms with Gasteiger partial charge in [-0.25, -0.2) is 19.3 Å². The summed E-state index contributed by atoms with van der Waals surface area (Å²) in [6, 6.07) is 10.2. The zero-order valence-corrected chi connectivity index (χ0v) is 14.4. The Balaban J connectivity index is 2.10. The monoisotopic (exact) mass is 348 g/mol. The summed E-state index contributed by atoms with van der Waals surface area (Å²) in [6.07, 6.45) is 3.49. The Morgan fingerprint density at radius 1 is 1.12 bits per heavy atom. The molecule has 1 aromatic carbocycles. The largest absolute Gasteiger partial charge is 0.381 e. The molecule has 130 valence electrons. The first-order valence-electron chi connectivity index (χ1n) is 8.12. The maximum atomic E-state index is 13.8. The number of pyridine rings is 1. The number of aromatic nitrogens is 4. The van der Waals surface area contributed by atoms with Crippen LogP contribution in [0, 0.1) is 12.7 Å². The second-order valence-electron chi connectivity index (χ2n) is 5.96. The van der Waals surface area contributed by atoms with E-state index in [1.54, 1.807) is 12.3 Å². The zero-order valence-electron chi connectivity index (χ0n) is 14.4. The number of halogens is 1. The number of aryl methyl sites for hydroxylation is 1. The number of hydrogen-bond donors (Lipinski definition) is 2. The van der Waals surface area contributed by atoms with Gasteiger partial charge in [-0.3, -0.25) is 4.40 Å². The van der Waals surface area contributed by atoms with Crippen LogP contribution in [-0.4, -0.2) is 26.4 Å². The van der Waals surface area contributed by atoms with E-state index in [0.29, 0.717) is 16.9 Å². The molecule has 0 amide bonds. The molecule has 3 aromatic heterocycles. The summed E-state index contributed by atoms with van der Waals surface area (Å²) < 4.78 is 15.7. The van der Waals surface area contributed by atoms with Crippen LogP contribution in [0.5, 0.6) is 0 Å². The van der Waals surface area contributed by atoms with Crippen molar-refractivity contribution in [1.29, 1.82) is 0 Å². The van der Waals surface area contributed by atoms with Crippen molar-refractivity contribution >= 4 is 17.3 Å². The van der Waals surface area contributed by atoms with Gasteiger partial charge in [0.1, 0.15) is 11.6 Å². The number of hydrogen-bond acceptors (Lipinski definition) is 5. The van der Waals surface area contributed by atoms with Gasteiger partial charge in [0.2, 0.25) is 0 Å². The zero-order chi connectivity index (χ0) is 18.3. The quantitative estimate of drug-likeness (QED) is 0.592. The van der Waals surface area contributed by atoms with Crippen molar-refractivity contribution in [2.24, 2.45) is 0 Å². The van der Waals surface area contributed by atoms with E-state index in [1.165, 1.54) is 12.1 Å². The Labute approximate surface area is 149 Å². The van der Waals surface area contributed by atoms with Gasteiger partial charge in [-0.05, 0) is 31.2 Å². The van der Waals surface area contributed by atoms with Crippen LogP contribution in [-0.2, 0) is 0 Å². The summed E-state index contributed by atoms with van der Waals surface area (Å²) in [7, 11) is 1.81. The fourth-order valence-electron chi connectivity index (χ4n) is 3.06. The van der Waals surface area contributed by atoms with Gasteiger partial charge in [0.05, 0.1) is 11.4 Å². The minimum Gasteiger partial charge on any atom is -0.381 e. The number of fused-ring (bicyclic) bond motifs is 1. The normalized spacial score (nSPS) is 11.0. The van der Waals surface area contributed by atoms with Gasteiger partial charge in [0, 0.05) is 36.3 Å². The summed E-state index contributed by atoms with van der Waals surface area (Å²) in [5.74, 6) is 0.689. The van der Waals surface area contributed by atoms with E-state index < -0.39 is 0 Å². The van der Waals surface area contributed by atoms with E-state index in [2.05, 4.69) is 20.3 Å². The van der Waals surface area contributed by atoms with E-state index in [0.717, 1.165) is 22.8 Å². The molecule has 7 heteroatoms. The van der Waals surface area contributed by atoms with Crippen LogP contribution in [0.15, 0.2) is 48.8 Å². The maximum Gasteiger partial charge on any atom is 0.180 e. The first-order valence-corrected chi connectivity index (χ1v) is 8.12. The molecule has 0 radical (unpaired) electrons. The number of nitrogen functional groups attached to an aromatic ring is 1. The lowest BCUT2D eigenvalue weighted by Gasteiger charge is -2.15. The molecule has 0 unspecified atom stereocenters. The molecule has 3 heterocycles. The summed E-state index contributed by atoms with van der Waals surface area (Å²) >= 11 is 0. The molecule has 4 aromatic rings. The number of imidazole rings is 1. The van der Waals surface area contributed by atoms with Crippen LogP contribution in [0.3, 0.4) is 0 Å². The van der Waals surface area contributed by atoms with Gasteiger partial charge < -0.3 is 11.1 Å². The molecule has 6 nitrogen and oxygen atoms in total. The Morgan fingerprint density at radius 2 is 1.96 bits per heavy atom. The van der Waals surface area contributed by atoms with Gasteiger partial charge in [-0.15, -0.1) is 0 Å². The smallest absolute Gasteiger partial charge is 0.180 e. The number of anilines is 2. The number of nitrogens with one attached hydrogen (secondary N) is 1. The van der Waals surface area contributed by atoms with Gasteiger partial charge in [-0.2, -0.15) is 0 Å². The molecule has 26 heavy (non-hydrogen) atoms. The number of nitrogens with two attached hydrogens (primary N) is 1. The highest BCUT2D eigenvalue weighted by molar-refractivity contribution is 5.84. The second-order valence-corrected chi connectivity index (χ2v) is 5.96. The molecule has 0 spiro atoms. The molecular weight excluding hydrogens is 331 g/mol. The average Bonchev–Trinajstić information content (AvgIpc) is 3.11. The van der Waals surface area contributed by atoms with Crippen molar-refractivity contribution in [2.75, 3.05) is 18.1 Å². The highest BCUT2D eigenvalue weighted by Crippen LogP contribution is 2.34. The predicted molar refractivity (Wildman–Crippen MR) is 100 cm³/mol. The highest BCUT2D eigenvalue weighted by atomic mass is 19.1. The summed E-state index contributed by atoms with van der Waals surface area (Å²) in [5, 5.41) is 3.06. The molecule has 0 aliphatic carbocycles. The van der Waals surface area contributed by atoms with Crippen LogP contribution in [0.2, 0.25) is 0 Å². The fraction of sp³-hybridized carbons (Fsp3) is 0.105. The van der Waals surface area contributed by atoms with Gasteiger partial charge >= 0.3 is 0 Å². The Kier molecular flexibility index (Phi) is 3.76. The average molecular weight is 348 g/mol. The molecule has 0 aliphatic heterocycles. The van der Waals surface area contributed by atoms with E-state index in [9.17, 15) is 4.39 Å². The number of benzene rings is 1. The molecule has 0 atom stereocenters. The Morgan fingerprint density at radius 3 is 2.73 bits per heavy atom. The van der Waals surface area contributed by atoms with Crippen LogP contribution in [0.25, 0.3) is 28.2 Å². The fourth-order valence-corrected chi connectivity index (χ4v) is 3.06. The minimum atomic E-state index is -0.332. The molecule has 4 rings (SSSR count). The summed E-state index contributed by atoms with van der Waals surface area (Å²) in [4.78, 5) is 13.3. The van der Waals surface area contributed by atoms with Crippen LogP contribution in [0.4, 0.5) is 16.0 Å². The van der Waals surface area contributed by atoms with Crippen molar-refractivity contribution in [1.82, 2.24) is 19.4 Å². The SMILES string of the molecule is CNc1cc(-c2c(-c3cccc(F)c3)nc(N)c3nccn23)cc(C)n1. The maximum absolute atomic E-state index is 13.8. The predicted octanol–water partition coefficient (Wildman–Crippen LogP) is 3.53. The molecule has 0 saturated carbocycles. The third kappa shape index (κ3) is 2.63. The second kappa shape index (κ2) is 6.11. The lowest BCUT2D eigenvalue weighted by molar-refractivity contribution is 0.628. The van der Waals surface area contributed by atoms with Crippen molar-refractivity contribution in [3.8, 4) is 22.5 Å². The first-order chi connectivity index (χ1) is 12.6. The lowest BCUT2D eigenvalue weighted by Crippen LogP contribution is -2.05. The lowest BCUT2D eigenvalue weighted by atomic mass is 10.0. The first kappa shape index (κ1) is 16.0. The van der Waals surface area contributed by atoms with Crippen LogP contribution >= 0.6 is 0 Å². The van der Waals surface area contributed by atoms with Crippen molar-refractivity contribution in [3.05, 3.63) is 60.3 Å². The molecule has 0 bridgehead atoms. The minimum absolute atomic E-state index is 0.289. The standard InChI is InChI=1S/C19H17FN6/c1-11-8-13(10-15(22-2)24-11)17-16(12-4-3-5-14(20)9-12)25-18(21)19-23-6-7-26(17)19/h3-10H,1-2H3,(H2,21,25)(H,22,24). The van der Waals surface area contributed by atoms with Gasteiger partial charge in [-0.1, -0.05) is 12.1 Å². The number of nitrogens with zero attached hydrogens (tertiary/aromatic N) is 4. The highest BCUT2D eigenvalue weighted by Gasteiger charge is 2.18. The summed E-state index contributed by atoms with van der Waals surface area (Å²) in [6.45, 7) is 1.92. The van der Waals surface area contributed by atoms with Gasteiger partial charge in [0.25, 0.3) is 0 Å². The van der Waals surface area contributed by atoms with E-state index in [4.69, 9.17) is 5.73 Å². The molecular formula is C19H17FN6. The molecule has 0 aliphatic rings. The van der Waals surface area contributed by atoms with Crippen molar-refractivity contribution in [3.63, 3.8) is 0 Å². The van der Waals surface area contributed by atoms with E-state index >= 15 is 0 Å². The Hall–Kier alpha value is -3.48. The van der Waals surface area contributed by atoms with Crippen molar-refractivity contribution < 1.29 is 4.39 Å². The van der Waals surface area contributed by atoms with E-state index in [1.807, 2.05) is 42.8 Å².